The molecule has 2 aliphatic heterocycles. The predicted octanol–water partition coefficient (Wildman–Crippen LogP) is 2.80. The molecule has 1 amide bonds. The molecule has 0 spiro atoms. The van der Waals surface area contributed by atoms with Crippen molar-refractivity contribution in [1.82, 2.24) is 20.1 Å². The minimum Gasteiger partial charge on any atom is -0.484 e. The zero-order valence-corrected chi connectivity index (χ0v) is 18.5. The Balaban J connectivity index is 1.28. The molecule has 2 aromatic carbocycles. The van der Waals surface area contributed by atoms with Gasteiger partial charge in [0.15, 0.2) is 5.82 Å². The molecule has 172 valence electrons. The lowest BCUT2D eigenvalue weighted by Gasteiger charge is -2.35. The normalized spacial score (nSPS) is 19.0. The van der Waals surface area contributed by atoms with Crippen LogP contribution in [-0.4, -0.2) is 65.3 Å². The highest BCUT2D eigenvalue weighted by Gasteiger charge is 2.30. The number of aromatic nitrogens is 2. The number of ether oxygens (including phenoxy) is 1. The van der Waals surface area contributed by atoms with Gasteiger partial charge < -0.3 is 14.5 Å². The van der Waals surface area contributed by atoms with Gasteiger partial charge in [0.05, 0.1) is 6.54 Å². The minimum atomic E-state index is -0.498. The number of para-hydroxylation sites is 1. The summed E-state index contributed by atoms with van der Waals surface area (Å²) >= 11 is 0. The summed E-state index contributed by atoms with van der Waals surface area (Å²) in [6.45, 7) is 5.63. The number of amides is 1. The summed E-state index contributed by atoms with van der Waals surface area (Å²) in [5.41, 5.74) is 2.23. The summed E-state index contributed by atoms with van der Waals surface area (Å²) < 4.78 is 25.6. The van der Waals surface area contributed by atoms with E-state index in [9.17, 15) is 9.18 Å². The lowest BCUT2D eigenvalue weighted by atomic mass is 10.1. The van der Waals surface area contributed by atoms with Gasteiger partial charge in [0.25, 0.3) is 0 Å². The number of hydrogen-bond donors (Lipinski definition) is 0. The third-order valence-electron chi connectivity index (χ3n) is 6.23. The molecule has 9 heteroatoms. The lowest BCUT2D eigenvalue weighted by Crippen LogP contribution is -2.51. The Bertz CT molecular complexity index is 1130. The number of halogens is 1. The second kappa shape index (κ2) is 9.19. The van der Waals surface area contributed by atoms with Crippen molar-refractivity contribution >= 4 is 11.7 Å². The smallest absolute Gasteiger partial charge is 0.236 e. The second-order valence-corrected chi connectivity index (χ2v) is 8.45. The summed E-state index contributed by atoms with van der Waals surface area (Å²) in [6.07, 6.45) is -0.498. The number of piperazine rings is 1. The largest absolute Gasteiger partial charge is 0.484 e. The average molecular weight is 452 g/mol. The number of carbonyl (C=O) groups is 1. The van der Waals surface area contributed by atoms with Crippen LogP contribution in [0.25, 0.3) is 0 Å². The Morgan fingerprint density at radius 2 is 1.82 bits per heavy atom. The average Bonchev–Trinajstić information content (AvgIpc) is 3.17. The van der Waals surface area contributed by atoms with E-state index < -0.39 is 6.10 Å². The number of benzene rings is 2. The molecule has 3 heterocycles. The van der Waals surface area contributed by atoms with Crippen molar-refractivity contribution in [2.24, 2.45) is 0 Å². The van der Waals surface area contributed by atoms with E-state index in [4.69, 9.17) is 9.37 Å². The molecule has 0 bridgehead atoms. The fourth-order valence-corrected chi connectivity index (χ4v) is 4.47. The van der Waals surface area contributed by atoms with Gasteiger partial charge in [0.1, 0.15) is 23.4 Å². The Morgan fingerprint density at radius 1 is 1.06 bits per heavy atom. The molecule has 1 saturated heterocycles. The SMILES string of the molecule is Cc1nonc1N1CCN(C(=O)CN2Cc3ccccc3O[C@H](c3ccccc3F)C2)CC1. The van der Waals surface area contributed by atoms with E-state index in [-0.39, 0.29) is 18.3 Å². The fourth-order valence-electron chi connectivity index (χ4n) is 4.47. The van der Waals surface area contributed by atoms with E-state index in [1.165, 1.54) is 6.07 Å². The maximum absolute atomic E-state index is 14.6. The molecular formula is C24H26FN5O3. The van der Waals surface area contributed by atoms with E-state index >= 15 is 0 Å². The molecule has 5 rings (SSSR count). The van der Waals surface area contributed by atoms with E-state index in [1.807, 2.05) is 41.0 Å². The first-order chi connectivity index (χ1) is 16.1. The van der Waals surface area contributed by atoms with Crippen molar-refractivity contribution in [2.45, 2.75) is 19.6 Å². The minimum absolute atomic E-state index is 0.0521. The van der Waals surface area contributed by atoms with Crippen LogP contribution >= 0.6 is 0 Å². The summed E-state index contributed by atoms with van der Waals surface area (Å²) in [4.78, 5) is 19.2. The highest BCUT2D eigenvalue weighted by molar-refractivity contribution is 5.78. The van der Waals surface area contributed by atoms with E-state index in [0.717, 1.165) is 22.8 Å². The molecule has 1 aromatic heterocycles. The number of hydrogen-bond acceptors (Lipinski definition) is 7. The molecule has 0 N–H and O–H groups in total. The highest BCUT2D eigenvalue weighted by atomic mass is 19.1. The zero-order chi connectivity index (χ0) is 22.8. The van der Waals surface area contributed by atoms with Gasteiger partial charge >= 0.3 is 0 Å². The molecule has 3 aromatic rings. The lowest BCUT2D eigenvalue weighted by molar-refractivity contribution is -0.133. The highest BCUT2D eigenvalue weighted by Crippen LogP contribution is 2.32. The van der Waals surface area contributed by atoms with E-state index in [1.54, 1.807) is 18.2 Å². The summed E-state index contributed by atoms with van der Waals surface area (Å²) in [5, 5.41) is 7.80. The Labute approximate surface area is 191 Å². The van der Waals surface area contributed by atoms with Crippen LogP contribution in [0, 0.1) is 12.7 Å². The number of rotatable bonds is 4. The maximum atomic E-state index is 14.6. The number of anilines is 1. The number of carbonyl (C=O) groups excluding carboxylic acids is 1. The van der Waals surface area contributed by atoms with Crippen LogP contribution in [0.5, 0.6) is 5.75 Å². The third-order valence-corrected chi connectivity index (χ3v) is 6.23. The second-order valence-electron chi connectivity index (χ2n) is 8.45. The van der Waals surface area contributed by atoms with Gasteiger partial charge in [-0.05, 0) is 24.2 Å². The molecule has 1 atom stereocenters. The quantitative estimate of drug-likeness (QED) is 0.604. The van der Waals surface area contributed by atoms with Gasteiger partial charge in [-0.1, -0.05) is 41.6 Å². The summed E-state index contributed by atoms with van der Waals surface area (Å²) in [6, 6.07) is 14.4. The van der Waals surface area contributed by atoms with Crippen LogP contribution < -0.4 is 9.64 Å². The number of aryl methyl sites for hydroxylation is 1. The topological polar surface area (TPSA) is 74.9 Å². The van der Waals surface area contributed by atoms with Crippen molar-refractivity contribution in [1.29, 1.82) is 0 Å². The predicted molar refractivity (Wildman–Crippen MR) is 119 cm³/mol. The monoisotopic (exact) mass is 451 g/mol. The Morgan fingerprint density at radius 3 is 2.58 bits per heavy atom. The fraction of sp³-hybridized carbons (Fsp3) is 0.375. The van der Waals surface area contributed by atoms with E-state index in [2.05, 4.69) is 15.2 Å². The zero-order valence-electron chi connectivity index (χ0n) is 18.5. The van der Waals surface area contributed by atoms with Crippen LogP contribution in [0.4, 0.5) is 10.2 Å². The molecule has 33 heavy (non-hydrogen) atoms. The molecule has 8 nitrogen and oxygen atoms in total. The van der Waals surface area contributed by atoms with Gasteiger partial charge in [-0.15, -0.1) is 0 Å². The van der Waals surface area contributed by atoms with Gasteiger partial charge in [-0.3, -0.25) is 9.69 Å². The van der Waals surface area contributed by atoms with Crippen LogP contribution in [0.15, 0.2) is 53.2 Å². The maximum Gasteiger partial charge on any atom is 0.236 e. The first-order valence-electron chi connectivity index (χ1n) is 11.1. The van der Waals surface area contributed by atoms with Crippen molar-refractivity contribution in [3.05, 3.63) is 71.2 Å². The molecule has 1 fully saturated rings. The Kier molecular flexibility index (Phi) is 5.95. The van der Waals surface area contributed by atoms with Gasteiger partial charge in [-0.2, -0.15) is 0 Å². The van der Waals surface area contributed by atoms with Crippen molar-refractivity contribution in [3.63, 3.8) is 0 Å². The van der Waals surface area contributed by atoms with Crippen LogP contribution in [0.2, 0.25) is 0 Å². The molecule has 2 aliphatic rings. The molecule has 0 aliphatic carbocycles. The molecule has 0 unspecified atom stereocenters. The first kappa shape index (κ1) is 21.4. The van der Waals surface area contributed by atoms with Gasteiger partial charge in [0, 0.05) is 50.4 Å². The summed E-state index contributed by atoms with van der Waals surface area (Å²) in [5.74, 6) is 1.21. The van der Waals surface area contributed by atoms with Gasteiger partial charge in [0.2, 0.25) is 5.91 Å². The van der Waals surface area contributed by atoms with E-state index in [0.29, 0.717) is 44.8 Å². The first-order valence-corrected chi connectivity index (χ1v) is 11.1. The van der Waals surface area contributed by atoms with Gasteiger partial charge in [-0.25, -0.2) is 9.02 Å². The van der Waals surface area contributed by atoms with Crippen molar-refractivity contribution < 1.29 is 18.6 Å². The van der Waals surface area contributed by atoms with Crippen molar-refractivity contribution in [2.75, 3.05) is 44.2 Å². The van der Waals surface area contributed by atoms with Crippen molar-refractivity contribution in [3.8, 4) is 5.75 Å². The molecule has 0 radical (unpaired) electrons. The Hall–Kier alpha value is -3.46. The number of fused-ring (bicyclic) bond motifs is 1. The van der Waals surface area contributed by atoms with Crippen LogP contribution in [0.3, 0.4) is 0 Å². The summed E-state index contributed by atoms with van der Waals surface area (Å²) in [7, 11) is 0. The molecular weight excluding hydrogens is 425 g/mol. The van der Waals surface area contributed by atoms with Crippen LogP contribution in [-0.2, 0) is 11.3 Å². The number of nitrogens with zero attached hydrogens (tertiary/aromatic N) is 5. The van der Waals surface area contributed by atoms with Crippen LogP contribution in [0.1, 0.15) is 22.9 Å². The third kappa shape index (κ3) is 4.54. The standard InChI is InChI=1S/C24H26FN5O3/c1-17-24(27-33-26-17)30-12-10-29(11-13-30)23(31)16-28-14-18-6-2-5-9-21(18)32-22(15-28)19-7-3-4-8-20(19)25/h2-9,22H,10-16H2,1H3/t22-/m0/s1. The molecule has 0 saturated carbocycles.